The average Bonchev–Trinajstić information content (AvgIpc) is 2.17. The molecule has 0 rings (SSSR count). The normalized spacial score (nSPS) is 11.4. The van der Waals surface area contributed by atoms with Crippen molar-refractivity contribution in [3.63, 3.8) is 0 Å². The van der Waals surface area contributed by atoms with E-state index in [1.54, 1.807) is 18.7 Å². The second-order valence-corrected chi connectivity index (χ2v) is 3.73. The Morgan fingerprint density at radius 1 is 1.64 bits per heavy atom. The Balaban J connectivity index is 3.46. The topological polar surface area (TPSA) is 52.3 Å². The number of thioether (sulfide) groups is 1. The van der Waals surface area contributed by atoms with Crippen LogP contribution in [-0.2, 0) is 9.53 Å². The zero-order chi connectivity index (χ0) is 10.8. The van der Waals surface area contributed by atoms with Crippen molar-refractivity contribution in [2.24, 2.45) is 5.73 Å². The molecule has 0 aromatic rings. The first-order valence-electron chi connectivity index (χ1n) is 4.62. The molecule has 0 fully saturated rings. The van der Waals surface area contributed by atoms with Crippen molar-refractivity contribution in [1.29, 1.82) is 0 Å². The monoisotopic (exact) mass is 215 g/mol. The molecular weight excluding hydrogens is 198 g/mol. The van der Waals surface area contributed by atoms with E-state index < -0.39 is 6.04 Å². The highest BCUT2D eigenvalue weighted by Crippen LogP contribution is 2.03. The van der Waals surface area contributed by atoms with E-state index in [1.165, 1.54) is 0 Å². The van der Waals surface area contributed by atoms with Gasteiger partial charge in [-0.15, -0.1) is 17.7 Å². The molecule has 0 saturated carbocycles. The lowest BCUT2D eigenvalue weighted by molar-refractivity contribution is -0.144. The van der Waals surface area contributed by atoms with Gasteiger partial charge in [0.1, 0.15) is 6.04 Å². The fourth-order valence-corrected chi connectivity index (χ4v) is 1.58. The van der Waals surface area contributed by atoms with Gasteiger partial charge in [0.05, 0.1) is 12.4 Å². The van der Waals surface area contributed by atoms with Crippen molar-refractivity contribution in [1.82, 2.24) is 0 Å². The third-order valence-electron chi connectivity index (χ3n) is 1.51. The van der Waals surface area contributed by atoms with Gasteiger partial charge in [0, 0.05) is 0 Å². The summed E-state index contributed by atoms with van der Waals surface area (Å²) in [6.07, 6.45) is 0.648. The second-order valence-electron chi connectivity index (χ2n) is 2.63. The molecule has 0 spiro atoms. The van der Waals surface area contributed by atoms with Crippen LogP contribution < -0.4 is 5.73 Å². The third kappa shape index (κ3) is 6.81. The Kier molecular flexibility index (Phi) is 8.50. The van der Waals surface area contributed by atoms with E-state index in [4.69, 9.17) is 10.5 Å². The SMILES string of the molecule is CC#CCSCCC(N)C(=O)OCC. The van der Waals surface area contributed by atoms with Gasteiger partial charge < -0.3 is 10.5 Å². The Morgan fingerprint density at radius 3 is 2.93 bits per heavy atom. The van der Waals surface area contributed by atoms with E-state index >= 15 is 0 Å². The first kappa shape index (κ1) is 13.3. The van der Waals surface area contributed by atoms with Crippen LogP contribution >= 0.6 is 11.8 Å². The number of ether oxygens (including phenoxy) is 1. The minimum absolute atomic E-state index is 0.310. The average molecular weight is 215 g/mol. The molecule has 0 aliphatic carbocycles. The quantitative estimate of drug-likeness (QED) is 0.408. The summed E-state index contributed by atoms with van der Waals surface area (Å²) in [5, 5.41) is 0. The van der Waals surface area contributed by atoms with Gasteiger partial charge in [-0.3, -0.25) is 4.79 Å². The van der Waals surface area contributed by atoms with E-state index in [9.17, 15) is 4.79 Å². The molecule has 4 heteroatoms. The zero-order valence-corrected chi connectivity index (χ0v) is 9.52. The molecule has 1 unspecified atom stereocenters. The van der Waals surface area contributed by atoms with Crippen molar-refractivity contribution in [3.05, 3.63) is 0 Å². The predicted molar refractivity (Wildman–Crippen MR) is 60.0 cm³/mol. The van der Waals surface area contributed by atoms with Crippen LogP contribution in [0.2, 0.25) is 0 Å². The van der Waals surface area contributed by atoms with Crippen LogP contribution in [0.25, 0.3) is 0 Å². The maximum absolute atomic E-state index is 11.1. The summed E-state index contributed by atoms with van der Waals surface area (Å²) in [7, 11) is 0. The minimum atomic E-state index is -0.489. The van der Waals surface area contributed by atoms with E-state index in [0.717, 1.165) is 11.5 Å². The number of hydrogen-bond acceptors (Lipinski definition) is 4. The number of carbonyl (C=O) groups excluding carboxylic acids is 1. The van der Waals surface area contributed by atoms with Crippen molar-refractivity contribution in [3.8, 4) is 11.8 Å². The molecule has 0 aromatic heterocycles. The van der Waals surface area contributed by atoms with Crippen molar-refractivity contribution in [2.75, 3.05) is 18.1 Å². The van der Waals surface area contributed by atoms with Crippen molar-refractivity contribution < 1.29 is 9.53 Å². The second kappa shape index (κ2) is 8.92. The molecule has 0 amide bonds. The number of hydrogen-bond donors (Lipinski definition) is 1. The van der Waals surface area contributed by atoms with Crippen LogP contribution in [0, 0.1) is 11.8 Å². The molecule has 3 nitrogen and oxygen atoms in total. The van der Waals surface area contributed by atoms with E-state index in [0.29, 0.717) is 13.0 Å². The Hall–Kier alpha value is -0.660. The largest absolute Gasteiger partial charge is 0.465 e. The molecule has 2 N–H and O–H groups in total. The van der Waals surface area contributed by atoms with Crippen LogP contribution in [0.3, 0.4) is 0 Å². The highest BCUT2D eigenvalue weighted by Gasteiger charge is 2.13. The summed E-state index contributed by atoms with van der Waals surface area (Å²) < 4.78 is 4.78. The van der Waals surface area contributed by atoms with E-state index in [1.807, 2.05) is 6.92 Å². The van der Waals surface area contributed by atoms with Gasteiger partial charge in [0.25, 0.3) is 0 Å². The minimum Gasteiger partial charge on any atom is -0.465 e. The van der Waals surface area contributed by atoms with Gasteiger partial charge in [-0.2, -0.15) is 0 Å². The predicted octanol–water partition coefficient (Wildman–Crippen LogP) is 1.02. The van der Waals surface area contributed by atoms with E-state index in [-0.39, 0.29) is 5.97 Å². The van der Waals surface area contributed by atoms with Crippen LogP contribution in [0.4, 0.5) is 0 Å². The maximum Gasteiger partial charge on any atom is 0.322 e. The van der Waals surface area contributed by atoms with Gasteiger partial charge in [-0.1, -0.05) is 5.92 Å². The molecule has 14 heavy (non-hydrogen) atoms. The fourth-order valence-electron chi connectivity index (χ4n) is 0.773. The summed E-state index contributed by atoms with van der Waals surface area (Å²) in [4.78, 5) is 11.1. The summed E-state index contributed by atoms with van der Waals surface area (Å²) >= 11 is 1.68. The molecule has 0 aliphatic rings. The molecule has 0 aliphatic heterocycles. The van der Waals surface area contributed by atoms with Gasteiger partial charge in [-0.05, 0) is 26.0 Å². The molecule has 0 radical (unpaired) electrons. The maximum atomic E-state index is 11.1. The lowest BCUT2D eigenvalue weighted by atomic mass is 10.2. The highest BCUT2D eigenvalue weighted by molar-refractivity contribution is 7.99. The lowest BCUT2D eigenvalue weighted by Gasteiger charge is -2.08. The van der Waals surface area contributed by atoms with Crippen molar-refractivity contribution in [2.45, 2.75) is 26.3 Å². The fraction of sp³-hybridized carbons (Fsp3) is 0.700. The van der Waals surface area contributed by atoms with Gasteiger partial charge in [0.2, 0.25) is 0 Å². The lowest BCUT2D eigenvalue weighted by Crippen LogP contribution is -2.32. The van der Waals surface area contributed by atoms with Crippen LogP contribution in [-0.4, -0.2) is 30.1 Å². The summed E-state index contributed by atoms with van der Waals surface area (Å²) in [5.41, 5.74) is 5.59. The van der Waals surface area contributed by atoms with Gasteiger partial charge >= 0.3 is 5.97 Å². The molecular formula is C10H17NO2S. The number of esters is 1. The third-order valence-corrected chi connectivity index (χ3v) is 2.39. The van der Waals surface area contributed by atoms with Crippen LogP contribution in [0.5, 0.6) is 0 Å². The number of carbonyl (C=O) groups is 1. The molecule has 0 saturated heterocycles. The summed E-state index contributed by atoms with van der Waals surface area (Å²) in [5.74, 6) is 7.07. The molecule has 0 heterocycles. The molecule has 0 aromatic carbocycles. The zero-order valence-electron chi connectivity index (χ0n) is 8.71. The molecule has 1 atom stereocenters. The Bertz CT molecular complexity index is 220. The highest BCUT2D eigenvalue weighted by atomic mass is 32.2. The molecule has 0 bridgehead atoms. The number of nitrogens with two attached hydrogens (primary N) is 1. The standard InChI is InChI=1S/C10H17NO2S/c1-3-5-7-14-8-6-9(11)10(12)13-4-2/h9H,4,6-8,11H2,1-2H3. The Labute approximate surface area is 89.8 Å². The van der Waals surface area contributed by atoms with Crippen molar-refractivity contribution >= 4 is 17.7 Å². The van der Waals surface area contributed by atoms with E-state index in [2.05, 4.69) is 11.8 Å². The summed E-state index contributed by atoms with van der Waals surface area (Å²) in [6.45, 7) is 3.97. The van der Waals surface area contributed by atoms with Gasteiger partial charge in [0.15, 0.2) is 0 Å². The van der Waals surface area contributed by atoms with Gasteiger partial charge in [-0.25, -0.2) is 0 Å². The number of rotatable bonds is 6. The van der Waals surface area contributed by atoms with Crippen LogP contribution in [0.1, 0.15) is 20.3 Å². The molecule has 80 valence electrons. The summed E-state index contributed by atoms with van der Waals surface area (Å²) in [6, 6.07) is -0.489. The Morgan fingerprint density at radius 2 is 2.36 bits per heavy atom. The van der Waals surface area contributed by atoms with Crippen LogP contribution in [0.15, 0.2) is 0 Å². The first-order valence-corrected chi connectivity index (χ1v) is 5.77. The first-order chi connectivity index (χ1) is 6.72. The smallest absolute Gasteiger partial charge is 0.322 e.